The SMILES string of the molecule is Cn1ncc2c(N3CCC(Nc4cc(C(F)(F)F)ncn4)CC3)ncnc21. The molecule has 8 nitrogen and oxygen atoms in total. The molecule has 0 unspecified atom stereocenters. The summed E-state index contributed by atoms with van der Waals surface area (Å²) in [6, 6.07) is 0.971. The van der Waals surface area contributed by atoms with E-state index in [0.29, 0.717) is 0 Å². The van der Waals surface area contributed by atoms with Crippen LogP contribution in [0.15, 0.2) is 24.9 Å². The van der Waals surface area contributed by atoms with E-state index in [1.807, 2.05) is 7.05 Å². The van der Waals surface area contributed by atoms with E-state index in [9.17, 15) is 13.2 Å². The molecule has 0 aromatic carbocycles. The highest BCUT2D eigenvalue weighted by Gasteiger charge is 2.33. The van der Waals surface area contributed by atoms with Crippen molar-refractivity contribution in [1.82, 2.24) is 29.7 Å². The minimum atomic E-state index is -4.48. The fraction of sp³-hybridized carbons (Fsp3) is 0.438. The zero-order chi connectivity index (χ0) is 19.0. The molecule has 0 atom stereocenters. The molecule has 27 heavy (non-hydrogen) atoms. The molecule has 3 aromatic heterocycles. The number of aromatic nitrogens is 6. The minimum Gasteiger partial charge on any atom is -0.367 e. The van der Waals surface area contributed by atoms with Crippen molar-refractivity contribution in [2.24, 2.45) is 7.05 Å². The van der Waals surface area contributed by atoms with E-state index in [4.69, 9.17) is 0 Å². The van der Waals surface area contributed by atoms with Gasteiger partial charge in [0.2, 0.25) is 0 Å². The highest BCUT2D eigenvalue weighted by atomic mass is 19.4. The maximum atomic E-state index is 12.8. The van der Waals surface area contributed by atoms with Crippen LogP contribution in [0.2, 0.25) is 0 Å². The molecule has 1 saturated heterocycles. The van der Waals surface area contributed by atoms with Gasteiger partial charge < -0.3 is 10.2 Å². The number of hydrogen-bond acceptors (Lipinski definition) is 7. The summed E-state index contributed by atoms with van der Waals surface area (Å²) in [6.45, 7) is 1.44. The molecule has 1 aliphatic heterocycles. The fourth-order valence-electron chi connectivity index (χ4n) is 3.24. The highest BCUT2D eigenvalue weighted by Crippen LogP contribution is 2.29. The van der Waals surface area contributed by atoms with Crippen LogP contribution in [-0.2, 0) is 13.2 Å². The third-order valence-electron chi connectivity index (χ3n) is 4.61. The Hall–Kier alpha value is -2.98. The topological polar surface area (TPSA) is 84.7 Å². The van der Waals surface area contributed by atoms with Gasteiger partial charge in [-0.15, -0.1) is 0 Å². The summed E-state index contributed by atoms with van der Waals surface area (Å²) in [5.41, 5.74) is -0.182. The van der Waals surface area contributed by atoms with Gasteiger partial charge in [0.05, 0.1) is 11.6 Å². The summed E-state index contributed by atoms with van der Waals surface area (Å²) in [5, 5.41) is 8.18. The predicted molar refractivity (Wildman–Crippen MR) is 92.2 cm³/mol. The first-order chi connectivity index (χ1) is 12.9. The van der Waals surface area contributed by atoms with Gasteiger partial charge in [0.15, 0.2) is 5.65 Å². The van der Waals surface area contributed by atoms with Crippen LogP contribution in [0.1, 0.15) is 18.5 Å². The maximum absolute atomic E-state index is 12.8. The number of anilines is 2. The van der Waals surface area contributed by atoms with Gasteiger partial charge in [0, 0.05) is 32.2 Å². The second kappa shape index (κ2) is 6.63. The van der Waals surface area contributed by atoms with Gasteiger partial charge in [-0.05, 0) is 12.8 Å². The van der Waals surface area contributed by atoms with Crippen molar-refractivity contribution >= 4 is 22.7 Å². The third-order valence-corrected chi connectivity index (χ3v) is 4.61. The van der Waals surface area contributed by atoms with Crippen molar-refractivity contribution in [2.75, 3.05) is 23.3 Å². The first-order valence-corrected chi connectivity index (χ1v) is 8.45. The Morgan fingerprint density at radius 2 is 1.81 bits per heavy atom. The first-order valence-electron chi connectivity index (χ1n) is 8.45. The number of nitrogens with one attached hydrogen (secondary N) is 1. The Morgan fingerprint density at radius 3 is 2.56 bits per heavy atom. The molecule has 1 fully saturated rings. The number of aryl methyl sites for hydroxylation is 1. The Morgan fingerprint density at radius 1 is 1.07 bits per heavy atom. The molecule has 142 valence electrons. The van der Waals surface area contributed by atoms with E-state index in [1.165, 1.54) is 6.33 Å². The summed E-state index contributed by atoms with van der Waals surface area (Å²) >= 11 is 0. The van der Waals surface area contributed by atoms with Crippen molar-refractivity contribution in [3.05, 3.63) is 30.6 Å². The molecule has 0 bridgehead atoms. The highest BCUT2D eigenvalue weighted by molar-refractivity contribution is 5.86. The van der Waals surface area contributed by atoms with Crippen molar-refractivity contribution in [3.8, 4) is 0 Å². The van der Waals surface area contributed by atoms with Gasteiger partial charge >= 0.3 is 6.18 Å². The number of nitrogens with zero attached hydrogens (tertiary/aromatic N) is 7. The largest absolute Gasteiger partial charge is 0.433 e. The van der Waals surface area contributed by atoms with Crippen LogP contribution in [0.5, 0.6) is 0 Å². The Bertz CT molecular complexity index is 946. The number of fused-ring (bicyclic) bond motifs is 1. The Labute approximate surface area is 152 Å². The van der Waals surface area contributed by atoms with Gasteiger partial charge in [-0.3, -0.25) is 4.68 Å². The average molecular weight is 378 g/mol. The normalized spacial score (nSPS) is 16.1. The number of rotatable bonds is 3. The lowest BCUT2D eigenvalue weighted by atomic mass is 10.0. The molecular weight excluding hydrogens is 361 g/mol. The van der Waals surface area contributed by atoms with Gasteiger partial charge in [0.1, 0.15) is 30.0 Å². The first kappa shape index (κ1) is 17.4. The molecule has 11 heteroatoms. The smallest absolute Gasteiger partial charge is 0.367 e. The fourth-order valence-corrected chi connectivity index (χ4v) is 3.24. The lowest BCUT2D eigenvalue weighted by Crippen LogP contribution is -2.39. The summed E-state index contributed by atoms with van der Waals surface area (Å²) in [7, 11) is 1.83. The van der Waals surface area contributed by atoms with Crippen molar-refractivity contribution in [1.29, 1.82) is 0 Å². The monoisotopic (exact) mass is 378 g/mol. The molecule has 3 aromatic rings. The molecular formula is C16H17F3N8. The standard InChI is InChI=1S/C16H17F3N8/c1-26-14-11(7-24-26)15(23-9-22-14)27-4-2-10(3-5-27)25-13-6-12(16(17,18)19)20-8-21-13/h6-10H,2-5H2,1H3,(H,20,21,25). The van der Waals surface area contributed by atoms with E-state index in [2.05, 4.69) is 35.3 Å². The van der Waals surface area contributed by atoms with Crippen LogP contribution < -0.4 is 10.2 Å². The minimum absolute atomic E-state index is 0.0310. The Kier molecular flexibility index (Phi) is 4.28. The van der Waals surface area contributed by atoms with Crippen LogP contribution in [0.4, 0.5) is 24.8 Å². The molecule has 0 amide bonds. The summed E-state index contributed by atoms with van der Waals surface area (Å²) in [6.07, 6.45) is 1.21. The number of hydrogen-bond donors (Lipinski definition) is 1. The maximum Gasteiger partial charge on any atom is 0.433 e. The summed E-state index contributed by atoms with van der Waals surface area (Å²) in [4.78, 5) is 18.0. The van der Waals surface area contributed by atoms with E-state index in [0.717, 1.165) is 55.2 Å². The van der Waals surface area contributed by atoms with Gasteiger partial charge in [-0.25, -0.2) is 19.9 Å². The second-order valence-electron chi connectivity index (χ2n) is 6.39. The van der Waals surface area contributed by atoms with Crippen LogP contribution in [0, 0.1) is 0 Å². The molecule has 0 aliphatic carbocycles. The quantitative estimate of drug-likeness (QED) is 0.748. The number of piperidine rings is 1. The van der Waals surface area contributed by atoms with E-state index >= 15 is 0 Å². The molecule has 1 aliphatic rings. The summed E-state index contributed by atoms with van der Waals surface area (Å²) < 4.78 is 40.0. The molecule has 0 saturated carbocycles. The van der Waals surface area contributed by atoms with E-state index in [1.54, 1.807) is 10.9 Å². The van der Waals surface area contributed by atoms with Crippen molar-refractivity contribution in [2.45, 2.75) is 25.1 Å². The summed E-state index contributed by atoms with van der Waals surface area (Å²) in [5.74, 6) is 1.01. The molecule has 4 heterocycles. The second-order valence-corrected chi connectivity index (χ2v) is 6.39. The molecule has 0 spiro atoms. The van der Waals surface area contributed by atoms with E-state index < -0.39 is 11.9 Å². The third kappa shape index (κ3) is 3.49. The van der Waals surface area contributed by atoms with Crippen molar-refractivity contribution in [3.63, 3.8) is 0 Å². The molecule has 1 N–H and O–H groups in total. The Balaban J connectivity index is 1.43. The van der Waals surface area contributed by atoms with Crippen LogP contribution in [-0.4, -0.2) is 48.8 Å². The van der Waals surface area contributed by atoms with Crippen LogP contribution >= 0.6 is 0 Å². The predicted octanol–water partition coefficient (Wildman–Crippen LogP) is 2.25. The lowest BCUT2D eigenvalue weighted by Gasteiger charge is -2.33. The van der Waals surface area contributed by atoms with Gasteiger partial charge in [-0.2, -0.15) is 18.3 Å². The molecule has 4 rings (SSSR count). The van der Waals surface area contributed by atoms with Crippen molar-refractivity contribution < 1.29 is 13.2 Å². The molecule has 0 radical (unpaired) electrons. The van der Waals surface area contributed by atoms with E-state index in [-0.39, 0.29) is 11.9 Å². The number of halogens is 3. The zero-order valence-electron chi connectivity index (χ0n) is 14.5. The van der Waals surface area contributed by atoms with Crippen LogP contribution in [0.25, 0.3) is 11.0 Å². The average Bonchev–Trinajstić information content (AvgIpc) is 3.03. The van der Waals surface area contributed by atoms with Gasteiger partial charge in [-0.1, -0.05) is 0 Å². The van der Waals surface area contributed by atoms with Crippen LogP contribution in [0.3, 0.4) is 0 Å². The van der Waals surface area contributed by atoms with Gasteiger partial charge in [0.25, 0.3) is 0 Å². The number of alkyl halides is 3. The zero-order valence-corrected chi connectivity index (χ0v) is 14.5. The lowest BCUT2D eigenvalue weighted by molar-refractivity contribution is -0.141.